The van der Waals surface area contributed by atoms with Gasteiger partial charge in [-0.05, 0) is 18.1 Å². The molecule has 1 aromatic carbocycles. The van der Waals surface area contributed by atoms with Gasteiger partial charge in [0, 0.05) is 43.2 Å². The van der Waals surface area contributed by atoms with Crippen LogP contribution in [0.4, 0.5) is 5.69 Å². The number of anilines is 1. The van der Waals surface area contributed by atoms with Crippen molar-refractivity contribution < 1.29 is 4.79 Å². The number of nitrogens with one attached hydrogen (secondary N) is 1. The van der Waals surface area contributed by atoms with Crippen molar-refractivity contribution in [3.05, 3.63) is 29.8 Å². The minimum atomic E-state index is 0.0971. The summed E-state index contributed by atoms with van der Waals surface area (Å²) in [6.45, 7) is 4.54. The van der Waals surface area contributed by atoms with Crippen LogP contribution in [0.15, 0.2) is 24.3 Å². The van der Waals surface area contributed by atoms with E-state index in [0.29, 0.717) is 12.6 Å². The molecule has 1 fully saturated rings. The Kier molecular flexibility index (Phi) is 4.75. The summed E-state index contributed by atoms with van der Waals surface area (Å²) in [5, 5.41) is 4.37. The van der Waals surface area contributed by atoms with Crippen molar-refractivity contribution in [2.75, 3.05) is 18.1 Å². The summed E-state index contributed by atoms with van der Waals surface area (Å²) in [6.07, 6.45) is 1.21. The molecule has 1 aliphatic heterocycles. The van der Waals surface area contributed by atoms with Gasteiger partial charge in [-0.15, -0.1) is 0 Å². The Bertz CT molecular complexity index is 450. The molecule has 0 spiro atoms. The van der Waals surface area contributed by atoms with Crippen molar-refractivity contribution in [1.29, 1.82) is 0 Å². The number of amides is 1. The molecular weight excluding hydrogens is 256 g/mol. The second-order valence-corrected chi connectivity index (χ2v) is 6.72. The molecule has 0 bridgehead atoms. The molecule has 1 N–H and O–H groups in total. The number of carbonyl (C=O) groups excluding carboxylic acids is 1. The SMILES string of the molecule is CC(=O)N(C)Cc1ccccc1NC1CSC(C)C1. The number of thioether (sulfide) groups is 1. The molecule has 1 aliphatic rings. The second kappa shape index (κ2) is 6.33. The Labute approximate surface area is 119 Å². The van der Waals surface area contributed by atoms with E-state index in [2.05, 4.69) is 24.4 Å². The van der Waals surface area contributed by atoms with Crippen LogP contribution in [0.5, 0.6) is 0 Å². The Morgan fingerprint density at radius 3 is 2.84 bits per heavy atom. The highest BCUT2D eigenvalue weighted by Gasteiger charge is 2.22. The zero-order chi connectivity index (χ0) is 13.8. The molecule has 0 aliphatic carbocycles. The number of para-hydroxylation sites is 1. The first-order valence-electron chi connectivity index (χ1n) is 6.74. The molecule has 0 radical (unpaired) electrons. The number of rotatable bonds is 4. The van der Waals surface area contributed by atoms with Crippen LogP contribution >= 0.6 is 11.8 Å². The van der Waals surface area contributed by atoms with E-state index in [1.165, 1.54) is 12.0 Å². The molecule has 1 saturated heterocycles. The Balaban J connectivity index is 2.05. The zero-order valence-corrected chi connectivity index (χ0v) is 12.7. The van der Waals surface area contributed by atoms with Gasteiger partial charge in [0.2, 0.25) is 5.91 Å². The van der Waals surface area contributed by atoms with Crippen molar-refractivity contribution >= 4 is 23.4 Å². The summed E-state index contributed by atoms with van der Waals surface area (Å²) in [5.41, 5.74) is 2.35. The van der Waals surface area contributed by atoms with Crippen LogP contribution in [0.2, 0.25) is 0 Å². The molecule has 4 heteroatoms. The maximum atomic E-state index is 11.3. The van der Waals surface area contributed by atoms with E-state index in [1.807, 2.05) is 30.9 Å². The van der Waals surface area contributed by atoms with E-state index in [9.17, 15) is 4.79 Å². The highest BCUT2D eigenvalue weighted by molar-refractivity contribution is 8.00. The quantitative estimate of drug-likeness (QED) is 0.919. The molecule has 1 aromatic rings. The fourth-order valence-electron chi connectivity index (χ4n) is 2.30. The fourth-order valence-corrected chi connectivity index (χ4v) is 3.45. The summed E-state index contributed by atoms with van der Waals surface area (Å²) in [5.74, 6) is 1.26. The van der Waals surface area contributed by atoms with Crippen LogP contribution in [-0.2, 0) is 11.3 Å². The maximum absolute atomic E-state index is 11.3. The van der Waals surface area contributed by atoms with Crippen molar-refractivity contribution in [1.82, 2.24) is 4.90 Å². The molecule has 0 saturated carbocycles. The van der Waals surface area contributed by atoms with Gasteiger partial charge in [-0.25, -0.2) is 0 Å². The molecule has 19 heavy (non-hydrogen) atoms. The lowest BCUT2D eigenvalue weighted by Gasteiger charge is -2.20. The van der Waals surface area contributed by atoms with Crippen LogP contribution in [-0.4, -0.2) is 34.9 Å². The van der Waals surface area contributed by atoms with E-state index in [1.54, 1.807) is 11.8 Å². The Morgan fingerprint density at radius 2 is 2.21 bits per heavy atom. The third kappa shape index (κ3) is 3.90. The van der Waals surface area contributed by atoms with E-state index in [-0.39, 0.29) is 5.91 Å². The number of hydrogen-bond donors (Lipinski definition) is 1. The van der Waals surface area contributed by atoms with E-state index < -0.39 is 0 Å². The standard InChI is InChI=1S/C15H22N2OS/c1-11-8-14(10-19-11)16-15-7-5-4-6-13(15)9-17(3)12(2)18/h4-7,11,14,16H,8-10H2,1-3H3. The van der Waals surface area contributed by atoms with E-state index in [0.717, 1.165) is 16.7 Å². The monoisotopic (exact) mass is 278 g/mol. The van der Waals surface area contributed by atoms with Crippen LogP contribution < -0.4 is 5.32 Å². The van der Waals surface area contributed by atoms with Gasteiger partial charge in [0.25, 0.3) is 0 Å². The van der Waals surface area contributed by atoms with Crippen molar-refractivity contribution in [3.8, 4) is 0 Å². The minimum absolute atomic E-state index is 0.0971. The minimum Gasteiger partial charge on any atom is -0.381 e. The summed E-state index contributed by atoms with van der Waals surface area (Å²) in [4.78, 5) is 13.1. The first-order chi connectivity index (χ1) is 9.06. The lowest BCUT2D eigenvalue weighted by atomic mass is 10.1. The van der Waals surface area contributed by atoms with Gasteiger partial charge in [-0.2, -0.15) is 11.8 Å². The normalized spacial score (nSPS) is 22.3. The smallest absolute Gasteiger partial charge is 0.219 e. The molecule has 0 aromatic heterocycles. The predicted molar refractivity (Wildman–Crippen MR) is 82.5 cm³/mol. The first kappa shape index (κ1) is 14.3. The predicted octanol–water partition coefficient (Wildman–Crippen LogP) is 2.97. The molecule has 1 amide bonds. The topological polar surface area (TPSA) is 32.3 Å². The van der Waals surface area contributed by atoms with Crippen LogP contribution in [0, 0.1) is 0 Å². The average Bonchev–Trinajstić information content (AvgIpc) is 2.77. The van der Waals surface area contributed by atoms with Crippen LogP contribution in [0.1, 0.15) is 25.8 Å². The molecule has 1 heterocycles. The van der Waals surface area contributed by atoms with E-state index >= 15 is 0 Å². The van der Waals surface area contributed by atoms with Crippen LogP contribution in [0.25, 0.3) is 0 Å². The average molecular weight is 278 g/mol. The molecule has 2 unspecified atom stereocenters. The summed E-state index contributed by atoms with van der Waals surface area (Å²) < 4.78 is 0. The first-order valence-corrected chi connectivity index (χ1v) is 7.79. The summed E-state index contributed by atoms with van der Waals surface area (Å²) in [6, 6.07) is 8.82. The van der Waals surface area contributed by atoms with Gasteiger partial charge in [-0.1, -0.05) is 25.1 Å². The van der Waals surface area contributed by atoms with Gasteiger partial charge in [0.05, 0.1) is 0 Å². The van der Waals surface area contributed by atoms with Crippen LogP contribution in [0.3, 0.4) is 0 Å². The summed E-state index contributed by atoms with van der Waals surface area (Å²) in [7, 11) is 1.84. The molecule has 104 valence electrons. The lowest BCUT2D eigenvalue weighted by Crippen LogP contribution is -2.25. The van der Waals surface area contributed by atoms with Gasteiger partial charge in [0.1, 0.15) is 0 Å². The van der Waals surface area contributed by atoms with Gasteiger partial charge < -0.3 is 10.2 Å². The molecule has 2 rings (SSSR count). The largest absolute Gasteiger partial charge is 0.381 e. The zero-order valence-electron chi connectivity index (χ0n) is 11.8. The van der Waals surface area contributed by atoms with Crippen molar-refractivity contribution in [3.63, 3.8) is 0 Å². The number of carbonyl (C=O) groups is 1. The van der Waals surface area contributed by atoms with Gasteiger partial charge in [0.15, 0.2) is 0 Å². The van der Waals surface area contributed by atoms with Crippen molar-refractivity contribution in [2.45, 2.75) is 38.1 Å². The number of hydrogen-bond acceptors (Lipinski definition) is 3. The van der Waals surface area contributed by atoms with Gasteiger partial charge >= 0.3 is 0 Å². The van der Waals surface area contributed by atoms with Crippen molar-refractivity contribution in [2.24, 2.45) is 0 Å². The maximum Gasteiger partial charge on any atom is 0.219 e. The molecule has 3 nitrogen and oxygen atoms in total. The third-order valence-corrected chi connectivity index (χ3v) is 4.88. The van der Waals surface area contributed by atoms with Gasteiger partial charge in [-0.3, -0.25) is 4.79 Å². The highest BCUT2D eigenvalue weighted by atomic mass is 32.2. The fraction of sp³-hybridized carbons (Fsp3) is 0.533. The Hall–Kier alpha value is -1.16. The summed E-state index contributed by atoms with van der Waals surface area (Å²) >= 11 is 2.02. The third-order valence-electron chi connectivity index (χ3n) is 3.52. The highest BCUT2D eigenvalue weighted by Crippen LogP contribution is 2.29. The molecular formula is C15H22N2OS. The molecule has 2 atom stereocenters. The Morgan fingerprint density at radius 1 is 1.47 bits per heavy atom. The number of nitrogens with zero attached hydrogens (tertiary/aromatic N) is 1. The number of benzene rings is 1. The van der Waals surface area contributed by atoms with E-state index in [4.69, 9.17) is 0 Å². The second-order valence-electron chi connectivity index (χ2n) is 5.25. The lowest BCUT2D eigenvalue weighted by molar-refractivity contribution is -0.128.